The number of likely N-dealkylation sites (tertiary alicyclic amines) is 1. The van der Waals surface area contributed by atoms with E-state index >= 15 is 0 Å². The highest BCUT2D eigenvalue weighted by molar-refractivity contribution is 4.81. The van der Waals surface area contributed by atoms with Crippen LogP contribution in [0.2, 0.25) is 0 Å². The van der Waals surface area contributed by atoms with Gasteiger partial charge in [0.05, 0.1) is 6.61 Å². The second-order valence-corrected chi connectivity index (χ2v) is 7.95. The molecule has 0 N–H and O–H groups in total. The summed E-state index contributed by atoms with van der Waals surface area (Å²) < 4.78 is 5.97. The van der Waals surface area contributed by atoms with Crippen molar-refractivity contribution in [3.63, 3.8) is 0 Å². The molecule has 0 radical (unpaired) electrons. The molecule has 0 unspecified atom stereocenters. The van der Waals surface area contributed by atoms with Gasteiger partial charge in [-0.2, -0.15) is 0 Å². The number of hydrogen-bond acceptors (Lipinski definition) is 4. The van der Waals surface area contributed by atoms with Crippen LogP contribution < -0.4 is 0 Å². The van der Waals surface area contributed by atoms with Crippen molar-refractivity contribution in [3.05, 3.63) is 0 Å². The van der Waals surface area contributed by atoms with Gasteiger partial charge in [0.1, 0.15) is 0 Å². The molecule has 2 fully saturated rings. The first-order chi connectivity index (χ1) is 10.5. The van der Waals surface area contributed by atoms with E-state index in [0.29, 0.717) is 5.54 Å². The van der Waals surface area contributed by atoms with Gasteiger partial charge in [-0.1, -0.05) is 6.92 Å². The maximum Gasteiger partial charge on any atom is 0.0593 e. The maximum atomic E-state index is 5.97. The summed E-state index contributed by atoms with van der Waals surface area (Å²) in [6, 6.07) is 0. The molecule has 0 aliphatic carbocycles. The molecule has 2 aliphatic heterocycles. The highest BCUT2D eigenvalue weighted by Crippen LogP contribution is 2.17. The molecule has 0 amide bonds. The summed E-state index contributed by atoms with van der Waals surface area (Å²) in [5.41, 5.74) is 0.315. The number of ether oxygens (including phenoxy) is 1. The minimum atomic E-state index is 0.315. The minimum absolute atomic E-state index is 0.315. The smallest absolute Gasteiger partial charge is 0.0593 e. The first-order valence-electron chi connectivity index (χ1n) is 9.26. The van der Waals surface area contributed by atoms with E-state index in [4.69, 9.17) is 4.74 Å². The van der Waals surface area contributed by atoms with Gasteiger partial charge in [0.15, 0.2) is 0 Å². The molecule has 0 bridgehead atoms. The highest BCUT2D eigenvalue weighted by Gasteiger charge is 2.25. The predicted octanol–water partition coefficient (Wildman–Crippen LogP) is 2.15. The van der Waals surface area contributed by atoms with Gasteiger partial charge in [-0.15, -0.1) is 0 Å². The van der Waals surface area contributed by atoms with Crippen LogP contribution in [-0.2, 0) is 4.74 Å². The Morgan fingerprint density at radius 2 is 1.55 bits per heavy atom. The fraction of sp³-hybridized carbons (Fsp3) is 1.00. The van der Waals surface area contributed by atoms with E-state index in [9.17, 15) is 0 Å². The van der Waals surface area contributed by atoms with Crippen LogP contribution in [0.15, 0.2) is 0 Å². The highest BCUT2D eigenvalue weighted by atomic mass is 16.5. The molecule has 130 valence electrons. The number of piperidine rings is 1. The van der Waals surface area contributed by atoms with Gasteiger partial charge in [0.25, 0.3) is 0 Å². The summed E-state index contributed by atoms with van der Waals surface area (Å²) in [6.07, 6.45) is 2.64. The number of piperazine rings is 1. The van der Waals surface area contributed by atoms with Crippen molar-refractivity contribution < 1.29 is 4.74 Å². The molecule has 0 saturated carbocycles. The maximum absolute atomic E-state index is 5.97. The first kappa shape index (κ1) is 18.2. The summed E-state index contributed by atoms with van der Waals surface area (Å²) in [5.74, 6) is 0.792. The summed E-state index contributed by atoms with van der Waals surface area (Å²) in [6.45, 7) is 20.7. The lowest BCUT2D eigenvalue weighted by molar-refractivity contribution is 0.0273. The van der Waals surface area contributed by atoms with Gasteiger partial charge in [-0.25, -0.2) is 0 Å². The van der Waals surface area contributed by atoms with Crippen LogP contribution in [0, 0.1) is 5.92 Å². The Morgan fingerprint density at radius 3 is 2.09 bits per heavy atom. The second kappa shape index (κ2) is 8.62. The van der Waals surface area contributed by atoms with Crippen molar-refractivity contribution in [2.75, 3.05) is 65.6 Å². The van der Waals surface area contributed by atoms with E-state index in [-0.39, 0.29) is 0 Å². The van der Waals surface area contributed by atoms with Crippen molar-refractivity contribution >= 4 is 0 Å². The largest absolute Gasteiger partial charge is 0.380 e. The van der Waals surface area contributed by atoms with Crippen LogP contribution in [0.4, 0.5) is 0 Å². The van der Waals surface area contributed by atoms with Crippen LogP contribution in [-0.4, -0.2) is 85.8 Å². The molecule has 2 aliphatic rings. The monoisotopic (exact) mass is 311 g/mol. The topological polar surface area (TPSA) is 19.0 Å². The molecule has 0 spiro atoms. The van der Waals surface area contributed by atoms with E-state index in [0.717, 1.165) is 25.7 Å². The van der Waals surface area contributed by atoms with Crippen LogP contribution >= 0.6 is 0 Å². The van der Waals surface area contributed by atoms with Crippen LogP contribution in [0.3, 0.4) is 0 Å². The molecule has 2 heterocycles. The Bertz CT molecular complexity index is 300. The lowest BCUT2D eigenvalue weighted by atomic mass is 9.98. The zero-order valence-electron chi connectivity index (χ0n) is 15.3. The lowest BCUT2D eigenvalue weighted by Gasteiger charge is -2.42. The molecular weight excluding hydrogens is 274 g/mol. The van der Waals surface area contributed by atoms with Crippen molar-refractivity contribution in [2.24, 2.45) is 5.92 Å². The van der Waals surface area contributed by atoms with E-state index in [2.05, 4.69) is 42.4 Å². The Kier molecular flexibility index (Phi) is 7.13. The van der Waals surface area contributed by atoms with Gasteiger partial charge >= 0.3 is 0 Å². The molecule has 4 heteroatoms. The Morgan fingerprint density at radius 1 is 0.909 bits per heavy atom. The van der Waals surface area contributed by atoms with Gasteiger partial charge in [-0.3, -0.25) is 9.80 Å². The molecule has 22 heavy (non-hydrogen) atoms. The fourth-order valence-corrected chi connectivity index (χ4v) is 3.56. The van der Waals surface area contributed by atoms with Crippen LogP contribution in [0.5, 0.6) is 0 Å². The van der Waals surface area contributed by atoms with Gasteiger partial charge in [0.2, 0.25) is 0 Å². The molecule has 0 atom stereocenters. The van der Waals surface area contributed by atoms with Crippen molar-refractivity contribution in [2.45, 2.75) is 46.1 Å². The normalized spacial score (nSPS) is 24.0. The van der Waals surface area contributed by atoms with E-state index in [1.807, 2.05) is 0 Å². The molecule has 2 rings (SSSR count). The third-order valence-corrected chi connectivity index (χ3v) is 5.38. The Hall–Kier alpha value is -0.160. The quantitative estimate of drug-likeness (QED) is 0.700. The third-order valence-electron chi connectivity index (χ3n) is 5.38. The molecule has 0 aromatic heterocycles. The van der Waals surface area contributed by atoms with Crippen molar-refractivity contribution in [3.8, 4) is 0 Å². The molecule has 2 saturated heterocycles. The van der Waals surface area contributed by atoms with E-state index < -0.39 is 0 Å². The zero-order valence-corrected chi connectivity index (χ0v) is 15.3. The van der Waals surface area contributed by atoms with Crippen LogP contribution in [0.1, 0.15) is 40.5 Å². The molecule has 4 nitrogen and oxygen atoms in total. The van der Waals surface area contributed by atoms with E-state index in [1.165, 1.54) is 58.7 Å². The SMILES string of the molecule is CCN1CCC(COCCN2CCN(C(C)(C)C)CC2)CC1. The third kappa shape index (κ3) is 5.80. The lowest BCUT2D eigenvalue weighted by Crippen LogP contribution is -2.53. The summed E-state index contributed by atoms with van der Waals surface area (Å²) in [5, 5.41) is 0. The summed E-state index contributed by atoms with van der Waals surface area (Å²) >= 11 is 0. The minimum Gasteiger partial charge on any atom is -0.380 e. The number of hydrogen-bond donors (Lipinski definition) is 0. The van der Waals surface area contributed by atoms with Crippen molar-refractivity contribution in [1.29, 1.82) is 0 Å². The Balaban J connectivity index is 1.51. The van der Waals surface area contributed by atoms with Crippen molar-refractivity contribution in [1.82, 2.24) is 14.7 Å². The van der Waals surface area contributed by atoms with Crippen LogP contribution in [0.25, 0.3) is 0 Å². The summed E-state index contributed by atoms with van der Waals surface area (Å²) in [7, 11) is 0. The second-order valence-electron chi connectivity index (χ2n) is 7.95. The molecular formula is C18H37N3O. The molecule has 0 aromatic rings. The standard InChI is InChI=1S/C18H37N3O/c1-5-19-8-6-17(7-9-19)16-22-15-14-20-10-12-21(13-11-20)18(2,3)4/h17H,5-16H2,1-4H3. The number of nitrogens with zero attached hydrogens (tertiary/aromatic N) is 3. The van der Waals surface area contributed by atoms with Gasteiger partial charge < -0.3 is 9.64 Å². The first-order valence-corrected chi connectivity index (χ1v) is 9.26. The van der Waals surface area contributed by atoms with Gasteiger partial charge in [-0.05, 0) is 59.2 Å². The zero-order chi connectivity index (χ0) is 16.0. The average Bonchev–Trinajstić information content (AvgIpc) is 2.52. The predicted molar refractivity (Wildman–Crippen MR) is 93.4 cm³/mol. The van der Waals surface area contributed by atoms with Gasteiger partial charge in [0, 0.05) is 44.9 Å². The average molecular weight is 312 g/mol. The molecule has 0 aromatic carbocycles. The summed E-state index contributed by atoms with van der Waals surface area (Å²) in [4.78, 5) is 7.69. The Labute approximate surface area is 137 Å². The van der Waals surface area contributed by atoms with E-state index in [1.54, 1.807) is 0 Å². The number of rotatable bonds is 6. The fourth-order valence-electron chi connectivity index (χ4n) is 3.56.